The molecule has 120 valence electrons. The number of rotatable bonds is 3. The number of nitrogens with zero attached hydrogens (tertiary/aromatic N) is 1. The maximum absolute atomic E-state index is 13.3. The van der Waals surface area contributed by atoms with Gasteiger partial charge in [-0.1, -0.05) is 34.7 Å². The fraction of sp³-hybridized carbons (Fsp3) is 0.500. The minimum Gasteiger partial charge on any atom is -0.379 e. The van der Waals surface area contributed by atoms with Crippen LogP contribution < -0.4 is 0 Å². The van der Waals surface area contributed by atoms with Crippen molar-refractivity contribution < 1.29 is 9.13 Å². The standard InChI is InChI=1S/C16H19FINOS2/c17-13-4-2-12(3-5-13)14(16-21-10-1-11-22-16)15(18)19-6-8-20-9-7-19/h2-5,15H,1,6-11H2. The van der Waals surface area contributed by atoms with Gasteiger partial charge < -0.3 is 4.74 Å². The van der Waals surface area contributed by atoms with Crippen LogP contribution in [-0.4, -0.2) is 46.8 Å². The first-order valence-electron chi connectivity index (χ1n) is 7.47. The lowest BCUT2D eigenvalue weighted by Gasteiger charge is -2.34. The van der Waals surface area contributed by atoms with E-state index >= 15 is 0 Å². The summed E-state index contributed by atoms with van der Waals surface area (Å²) in [5, 5.41) is 0. The fourth-order valence-electron chi connectivity index (χ4n) is 2.55. The molecule has 0 aromatic heterocycles. The van der Waals surface area contributed by atoms with Crippen LogP contribution in [0.3, 0.4) is 0 Å². The molecule has 0 spiro atoms. The Bertz CT molecular complexity index is 523. The highest BCUT2D eigenvalue weighted by Gasteiger charge is 2.26. The largest absolute Gasteiger partial charge is 0.379 e. The van der Waals surface area contributed by atoms with Crippen molar-refractivity contribution in [3.05, 3.63) is 39.9 Å². The third kappa shape index (κ3) is 4.20. The Morgan fingerprint density at radius 2 is 1.77 bits per heavy atom. The number of hydrogen-bond donors (Lipinski definition) is 0. The van der Waals surface area contributed by atoms with Crippen LogP contribution in [0.15, 0.2) is 28.5 Å². The van der Waals surface area contributed by atoms with Gasteiger partial charge in [0.15, 0.2) is 0 Å². The van der Waals surface area contributed by atoms with E-state index in [1.54, 1.807) is 12.1 Å². The summed E-state index contributed by atoms with van der Waals surface area (Å²) in [4.78, 5) is 2.46. The Kier molecular flexibility index (Phi) is 6.50. The zero-order valence-corrected chi connectivity index (χ0v) is 16.1. The van der Waals surface area contributed by atoms with Crippen molar-refractivity contribution in [2.45, 2.75) is 10.5 Å². The van der Waals surface area contributed by atoms with E-state index in [0.717, 1.165) is 31.9 Å². The van der Waals surface area contributed by atoms with E-state index in [2.05, 4.69) is 27.5 Å². The Morgan fingerprint density at radius 3 is 2.41 bits per heavy atom. The van der Waals surface area contributed by atoms with E-state index in [0.29, 0.717) is 4.05 Å². The molecule has 0 saturated carbocycles. The average molecular weight is 451 g/mol. The molecule has 0 aliphatic carbocycles. The number of benzene rings is 1. The van der Waals surface area contributed by atoms with Crippen LogP contribution in [0.5, 0.6) is 0 Å². The van der Waals surface area contributed by atoms with Gasteiger partial charge in [-0.15, -0.1) is 23.5 Å². The molecule has 0 N–H and O–H groups in total. The van der Waals surface area contributed by atoms with Gasteiger partial charge in [-0.25, -0.2) is 4.39 Å². The van der Waals surface area contributed by atoms with Crippen molar-refractivity contribution in [3.63, 3.8) is 0 Å². The Balaban J connectivity index is 1.93. The number of morpholine rings is 1. The lowest BCUT2D eigenvalue weighted by atomic mass is 10.1. The van der Waals surface area contributed by atoms with E-state index in [9.17, 15) is 4.39 Å². The third-order valence-electron chi connectivity index (χ3n) is 3.73. The monoisotopic (exact) mass is 451 g/mol. The summed E-state index contributed by atoms with van der Waals surface area (Å²) < 4.78 is 20.5. The lowest BCUT2D eigenvalue weighted by molar-refractivity contribution is 0.0419. The average Bonchev–Trinajstić information content (AvgIpc) is 2.58. The quantitative estimate of drug-likeness (QED) is 0.382. The minimum atomic E-state index is -0.173. The summed E-state index contributed by atoms with van der Waals surface area (Å²) in [5.74, 6) is 2.19. The molecule has 6 heteroatoms. The van der Waals surface area contributed by atoms with Crippen molar-refractivity contribution in [1.82, 2.24) is 4.90 Å². The topological polar surface area (TPSA) is 12.5 Å². The smallest absolute Gasteiger partial charge is 0.123 e. The number of alkyl halides is 1. The van der Waals surface area contributed by atoms with Gasteiger partial charge in [0.05, 0.1) is 17.3 Å². The molecule has 2 heterocycles. The second-order valence-electron chi connectivity index (χ2n) is 5.24. The molecule has 0 radical (unpaired) electrons. The first kappa shape index (κ1) is 17.1. The molecule has 2 nitrogen and oxygen atoms in total. The molecule has 0 amide bonds. The van der Waals surface area contributed by atoms with Gasteiger partial charge in [0.1, 0.15) is 5.82 Å². The number of hydrogen-bond acceptors (Lipinski definition) is 4. The van der Waals surface area contributed by atoms with E-state index in [1.807, 2.05) is 35.7 Å². The molecular formula is C16H19FINOS2. The number of thioether (sulfide) groups is 2. The van der Waals surface area contributed by atoms with Crippen LogP contribution in [0, 0.1) is 5.82 Å². The minimum absolute atomic E-state index is 0.173. The predicted octanol–water partition coefficient (Wildman–Crippen LogP) is 4.46. The van der Waals surface area contributed by atoms with Gasteiger partial charge in [0.25, 0.3) is 0 Å². The van der Waals surface area contributed by atoms with E-state index in [4.69, 9.17) is 4.74 Å². The molecule has 0 bridgehead atoms. The van der Waals surface area contributed by atoms with E-state index in [-0.39, 0.29) is 5.82 Å². The summed E-state index contributed by atoms with van der Waals surface area (Å²) in [6.45, 7) is 3.51. The van der Waals surface area contributed by atoms with Gasteiger partial charge >= 0.3 is 0 Å². The van der Waals surface area contributed by atoms with Crippen LogP contribution in [0.2, 0.25) is 0 Å². The first-order valence-corrected chi connectivity index (χ1v) is 10.7. The molecular weight excluding hydrogens is 432 g/mol. The van der Waals surface area contributed by atoms with Crippen LogP contribution in [0.4, 0.5) is 4.39 Å². The highest BCUT2D eigenvalue weighted by molar-refractivity contribution is 14.1. The fourth-order valence-corrected chi connectivity index (χ4v) is 6.94. The van der Waals surface area contributed by atoms with Crippen molar-refractivity contribution in [3.8, 4) is 0 Å². The van der Waals surface area contributed by atoms with Gasteiger partial charge in [-0.05, 0) is 35.6 Å². The summed E-state index contributed by atoms with van der Waals surface area (Å²) in [5.41, 5.74) is 2.49. The van der Waals surface area contributed by atoms with Gasteiger partial charge in [-0.3, -0.25) is 4.90 Å². The second-order valence-corrected chi connectivity index (χ2v) is 8.89. The van der Waals surface area contributed by atoms with Crippen LogP contribution in [0.1, 0.15) is 12.0 Å². The van der Waals surface area contributed by atoms with Crippen LogP contribution in [0.25, 0.3) is 5.57 Å². The van der Waals surface area contributed by atoms with Crippen LogP contribution >= 0.6 is 46.1 Å². The molecule has 1 unspecified atom stereocenters. The van der Waals surface area contributed by atoms with Gasteiger partial charge in [0, 0.05) is 22.9 Å². The molecule has 2 fully saturated rings. The van der Waals surface area contributed by atoms with Crippen molar-refractivity contribution in [1.29, 1.82) is 0 Å². The second kappa shape index (κ2) is 8.37. The summed E-state index contributed by atoms with van der Waals surface area (Å²) in [6.07, 6.45) is 1.26. The first-order chi connectivity index (χ1) is 10.8. The Labute approximate surface area is 153 Å². The highest BCUT2D eigenvalue weighted by atomic mass is 127. The maximum atomic E-state index is 13.3. The van der Waals surface area contributed by atoms with Gasteiger partial charge in [0.2, 0.25) is 0 Å². The van der Waals surface area contributed by atoms with E-state index in [1.165, 1.54) is 27.7 Å². The Hall–Kier alpha value is 0.240. The lowest BCUT2D eigenvalue weighted by Crippen LogP contribution is -2.41. The molecule has 1 aromatic rings. The van der Waals surface area contributed by atoms with Gasteiger partial charge in [-0.2, -0.15) is 0 Å². The molecule has 3 rings (SSSR count). The normalized spacial score (nSPS) is 21.6. The molecule has 2 aliphatic heterocycles. The van der Waals surface area contributed by atoms with Crippen molar-refractivity contribution >= 4 is 51.7 Å². The molecule has 1 aromatic carbocycles. The zero-order chi connectivity index (χ0) is 15.4. The number of halogens is 2. The van der Waals surface area contributed by atoms with Crippen molar-refractivity contribution in [2.75, 3.05) is 37.8 Å². The Morgan fingerprint density at radius 1 is 1.14 bits per heavy atom. The van der Waals surface area contributed by atoms with Crippen molar-refractivity contribution in [2.24, 2.45) is 0 Å². The van der Waals surface area contributed by atoms with E-state index < -0.39 is 0 Å². The molecule has 2 saturated heterocycles. The predicted molar refractivity (Wildman–Crippen MR) is 103 cm³/mol. The number of ether oxygens (including phenoxy) is 1. The summed E-state index contributed by atoms with van der Waals surface area (Å²) in [6, 6.07) is 6.96. The highest BCUT2D eigenvalue weighted by Crippen LogP contribution is 2.44. The molecule has 2 aliphatic rings. The zero-order valence-electron chi connectivity index (χ0n) is 12.3. The SMILES string of the molecule is Fc1ccc(C(=C2SCCCS2)C(I)N2CCOCC2)cc1. The molecule has 22 heavy (non-hydrogen) atoms. The third-order valence-corrected chi connectivity index (χ3v) is 7.80. The summed E-state index contributed by atoms with van der Waals surface area (Å²) in [7, 11) is 0. The maximum Gasteiger partial charge on any atom is 0.123 e. The summed E-state index contributed by atoms with van der Waals surface area (Å²) >= 11 is 6.43. The van der Waals surface area contributed by atoms with Crippen LogP contribution in [-0.2, 0) is 4.74 Å². The molecule has 1 atom stereocenters.